The molecule has 0 aliphatic carbocycles. The largest absolute Gasteiger partial charge is 0.496 e. The first-order chi connectivity index (χ1) is 15.1. The van der Waals surface area contributed by atoms with Gasteiger partial charge in [0.15, 0.2) is 5.76 Å². The number of carbonyl (C=O) groups is 1. The van der Waals surface area contributed by atoms with Crippen LogP contribution in [-0.4, -0.2) is 29.5 Å². The molecule has 0 saturated carbocycles. The second kappa shape index (κ2) is 7.89. The van der Waals surface area contributed by atoms with E-state index in [-0.39, 0.29) is 5.78 Å². The molecule has 0 spiro atoms. The summed E-state index contributed by atoms with van der Waals surface area (Å²) in [4.78, 5) is 19.3. The lowest BCUT2D eigenvalue weighted by Gasteiger charge is -2.30. The molecule has 6 heteroatoms. The third-order valence-electron chi connectivity index (χ3n) is 5.57. The van der Waals surface area contributed by atoms with E-state index in [0.29, 0.717) is 36.9 Å². The first-order valence-electron chi connectivity index (χ1n) is 10.1. The molecule has 3 aromatic rings. The fourth-order valence-corrected chi connectivity index (χ4v) is 4.09. The molecule has 31 heavy (non-hydrogen) atoms. The summed E-state index contributed by atoms with van der Waals surface area (Å²) >= 11 is 0. The van der Waals surface area contributed by atoms with Gasteiger partial charge in [-0.05, 0) is 36.8 Å². The number of pyridine rings is 1. The minimum absolute atomic E-state index is 0.119. The van der Waals surface area contributed by atoms with Crippen molar-refractivity contribution in [3.8, 4) is 17.2 Å². The van der Waals surface area contributed by atoms with Crippen molar-refractivity contribution in [3.05, 3.63) is 88.4 Å². The Morgan fingerprint density at radius 2 is 2.06 bits per heavy atom. The van der Waals surface area contributed by atoms with Crippen molar-refractivity contribution in [2.45, 2.75) is 20.0 Å². The van der Waals surface area contributed by atoms with Crippen LogP contribution >= 0.6 is 0 Å². The van der Waals surface area contributed by atoms with Gasteiger partial charge in [0, 0.05) is 42.2 Å². The topological polar surface area (TPSA) is 60.9 Å². The lowest BCUT2D eigenvalue weighted by Crippen LogP contribution is -2.32. The lowest BCUT2D eigenvalue weighted by atomic mass is 10.00. The van der Waals surface area contributed by atoms with Crippen molar-refractivity contribution >= 4 is 11.9 Å². The third kappa shape index (κ3) is 3.55. The number of rotatable bonds is 4. The number of aromatic nitrogens is 1. The molecular weight excluding hydrogens is 392 g/mol. The number of methoxy groups -OCH3 is 1. The molecule has 156 valence electrons. The van der Waals surface area contributed by atoms with Crippen molar-refractivity contribution < 1.29 is 19.0 Å². The molecule has 0 N–H and O–H groups in total. The summed E-state index contributed by atoms with van der Waals surface area (Å²) in [6, 6.07) is 13.6. The van der Waals surface area contributed by atoms with Gasteiger partial charge in [-0.15, -0.1) is 0 Å². The van der Waals surface area contributed by atoms with E-state index in [1.54, 1.807) is 25.6 Å². The first kappa shape index (κ1) is 19.3. The van der Waals surface area contributed by atoms with Gasteiger partial charge in [0.2, 0.25) is 5.78 Å². The highest BCUT2D eigenvalue weighted by molar-refractivity contribution is 6.15. The van der Waals surface area contributed by atoms with Crippen molar-refractivity contribution in [1.29, 1.82) is 0 Å². The smallest absolute Gasteiger partial charge is 0.231 e. The van der Waals surface area contributed by atoms with Crippen LogP contribution in [0.25, 0.3) is 6.08 Å². The molecule has 0 amide bonds. The zero-order chi connectivity index (χ0) is 21.4. The molecule has 2 aliphatic rings. The molecule has 0 atom stereocenters. The van der Waals surface area contributed by atoms with E-state index in [1.165, 1.54) is 0 Å². The number of nitrogens with zero attached hydrogens (tertiary/aromatic N) is 2. The number of ketones is 1. The summed E-state index contributed by atoms with van der Waals surface area (Å²) in [5, 5.41) is 0. The Kier molecular flexibility index (Phi) is 4.92. The van der Waals surface area contributed by atoms with Crippen LogP contribution in [0.3, 0.4) is 0 Å². The highest BCUT2D eigenvalue weighted by Crippen LogP contribution is 2.43. The summed E-state index contributed by atoms with van der Waals surface area (Å²) in [6.45, 7) is 3.76. The van der Waals surface area contributed by atoms with Gasteiger partial charge in [0.05, 0.1) is 12.7 Å². The molecule has 0 bridgehead atoms. The summed E-state index contributed by atoms with van der Waals surface area (Å²) in [5.41, 5.74) is 4.33. The maximum absolute atomic E-state index is 13.0. The van der Waals surface area contributed by atoms with Crippen LogP contribution in [0, 0.1) is 6.92 Å². The van der Waals surface area contributed by atoms with Crippen molar-refractivity contribution in [2.75, 3.05) is 13.8 Å². The molecular formula is C25H22N2O4. The highest BCUT2D eigenvalue weighted by atomic mass is 16.5. The number of ether oxygens (including phenoxy) is 3. The van der Waals surface area contributed by atoms with E-state index >= 15 is 0 Å². The van der Waals surface area contributed by atoms with Gasteiger partial charge in [-0.3, -0.25) is 14.7 Å². The summed E-state index contributed by atoms with van der Waals surface area (Å²) in [7, 11) is 1.68. The molecule has 5 rings (SSSR count). The van der Waals surface area contributed by atoms with Gasteiger partial charge < -0.3 is 14.2 Å². The molecule has 6 nitrogen and oxygen atoms in total. The summed E-state index contributed by atoms with van der Waals surface area (Å²) in [6.07, 6.45) is 5.12. The molecule has 0 unspecified atom stereocenters. The number of hydrogen-bond acceptors (Lipinski definition) is 6. The van der Waals surface area contributed by atoms with Gasteiger partial charge in [-0.2, -0.15) is 0 Å². The highest BCUT2D eigenvalue weighted by Gasteiger charge is 2.33. The van der Waals surface area contributed by atoms with Crippen molar-refractivity contribution in [1.82, 2.24) is 9.88 Å². The quantitative estimate of drug-likeness (QED) is 0.591. The van der Waals surface area contributed by atoms with Crippen LogP contribution in [0.4, 0.5) is 0 Å². The van der Waals surface area contributed by atoms with E-state index in [1.807, 2.05) is 43.3 Å². The van der Waals surface area contributed by atoms with Crippen LogP contribution in [-0.2, 0) is 13.1 Å². The van der Waals surface area contributed by atoms with Crippen LogP contribution in [0.5, 0.6) is 17.2 Å². The van der Waals surface area contributed by atoms with Gasteiger partial charge in [0.1, 0.15) is 24.0 Å². The van der Waals surface area contributed by atoms with Gasteiger partial charge in [-0.25, -0.2) is 0 Å². The van der Waals surface area contributed by atoms with E-state index in [0.717, 1.165) is 33.8 Å². The SMILES string of the molecule is COc1ccccc1CN1COc2c(cc3c(c2C)O/C(=C\c2cccnc2)C3=O)C1. The Morgan fingerprint density at radius 1 is 1.19 bits per heavy atom. The molecule has 0 radical (unpaired) electrons. The van der Waals surface area contributed by atoms with Gasteiger partial charge in [-0.1, -0.05) is 24.3 Å². The molecule has 2 aliphatic heterocycles. The number of benzene rings is 2. The number of hydrogen-bond donors (Lipinski definition) is 0. The van der Waals surface area contributed by atoms with E-state index in [4.69, 9.17) is 14.2 Å². The van der Waals surface area contributed by atoms with Crippen LogP contribution in [0.15, 0.2) is 60.6 Å². The normalized spacial score (nSPS) is 16.5. The van der Waals surface area contributed by atoms with Crippen LogP contribution < -0.4 is 14.2 Å². The minimum Gasteiger partial charge on any atom is -0.496 e. The molecule has 0 fully saturated rings. The zero-order valence-corrected chi connectivity index (χ0v) is 17.4. The predicted octanol–water partition coefficient (Wildman–Crippen LogP) is 4.37. The Bertz CT molecular complexity index is 1190. The first-order valence-corrected chi connectivity index (χ1v) is 10.1. The molecule has 3 heterocycles. The Hall–Kier alpha value is -3.64. The fraction of sp³-hybridized carbons (Fsp3) is 0.200. The standard InChI is InChI=1S/C25H22N2O4/c1-16-24-19(14-27(15-30-24)13-18-7-3-4-8-21(18)29-2)11-20-23(28)22(31-25(16)20)10-17-6-5-9-26-12-17/h3-12H,13-15H2,1-2H3/b22-10-. The van der Waals surface area contributed by atoms with Crippen molar-refractivity contribution in [2.24, 2.45) is 0 Å². The number of allylic oxidation sites excluding steroid dienone is 1. The molecule has 2 aromatic carbocycles. The Labute approximate surface area is 180 Å². The zero-order valence-electron chi connectivity index (χ0n) is 17.4. The van der Waals surface area contributed by atoms with E-state index < -0.39 is 0 Å². The minimum atomic E-state index is -0.119. The molecule has 1 aromatic heterocycles. The number of Topliss-reactive ketones (excluding diaryl/α,β-unsaturated/α-hetero) is 1. The second-order valence-electron chi connectivity index (χ2n) is 7.66. The fourth-order valence-electron chi connectivity index (χ4n) is 4.09. The second-order valence-corrected chi connectivity index (χ2v) is 7.66. The van der Waals surface area contributed by atoms with Crippen LogP contribution in [0.2, 0.25) is 0 Å². The predicted molar refractivity (Wildman–Crippen MR) is 116 cm³/mol. The van der Waals surface area contributed by atoms with E-state index in [2.05, 4.69) is 16.0 Å². The average molecular weight is 414 g/mol. The molecule has 0 saturated heterocycles. The van der Waals surface area contributed by atoms with E-state index in [9.17, 15) is 4.79 Å². The lowest BCUT2D eigenvalue weighted by molar-refractivity contribution is 0.0869. The number of para-hydroxylation sites is 1. The van der Waals surface area contributed by atoms with Crippen LogP contribution in [0.1, 0.15) is 32.6 Å². The maximum atomic E-state index is 13.0. The third-order valence-corrected chi connectivity index (χ3v) is 5.57. The summed E-state index contributed by atoms with van der Waals surface area (Å²) < 4.78 is 17.5. The Balaban J connectivity index is 1.42. The van der Waals surface area contributed by atoms with Crippen molar-refractivity contribution in [3.63, 3.8) is 0 Å². The average Bonchev–Trinajstić information content (AvgIpc) is 3.10. The Morgan fingerprint density at radius 3 is 2.87 bits per heavy atom. The van der Waals surface area contributed by atoms with Gasteiger partial charge in [0.25, 0.3) is 0 Å². The van der Waals surface area contributed by atoms with Gasteiger partial charge >= 0.3 is 0 Å². The summed E-state index contributed by atoms with van der Waals surface area (Å²) in [5.74, 6) is 2.42. The number of fused-ring (bicyclic) bond motifs is 2. The maximum Gasteiger partial charge on any atom is 0.231 e. The number of carbonyl (C=O) groups excluding carboxylic acids is 1. The monoisotopic (exact) mass is 414 g/mol.